The molecular weight excluding hydrogens is 198 g/mol. The Morgan fingerprint density at radius 2 is 2.06 bits per heavy atom. The zero-order valence-electron chi connectivity index (χ0n) is 9.89. The van der Waals surface area contributed by atoms with E-state index in [0.717, 1.165) is 25.7 Å². The Morgan fingerprint density at radius 3 is 2.62 bits per heavy atom. The second-order valence-corrected chi connectivity index (χ2v) is 4.64. The van der Waals surface area contributed by atoms with Gasteiger partial charge in [0.25, 0.3) is 0 Å². The number of rotatable bonds is 4. The van der Waals surface area contributed by atoms with Crippen molar-refractivity contribution in [1.29, 1.82) is 0 Å². The van der Waals surface area contributed by atoms with Crippen molar-refractivity contribution in [1.82, 2.24) is 5.32 Å². The lowest BCUT2D eigenvalue weighted by Crippen LogP contribution is -2.38. The van der Waals surface area contributed by atoms with Gasteiger partial charge in [-0.25, -0.2) is 0 Å². The van der Waals surface area contributed by atoms with E-state index in [2.05, 4.69) is 36.5 Å². The molecule has 1 aromatic rings. The van der Waals surface area contributed by atoms with Gasteiger partial charge in [0, 0.05) is 12.1 Å². The highest BCUT2D eigenvalue weighted by Gasteiger charge is 2.26. The summed E-state index contributed by atoms with van der Waals surface area (Å²) >= 11 is 0. The van der Waals surface area contributed by atoms with E-state index >= 15 is 0 Å². The van der Waals surface area contributed by atoms with Crippen molar-refractivity contribution in [3.05, 3.63) is 35.9 Å². The van der Waals surface area contributed by atoms with Crippen LogP contribution in [0.5, 0.6) is 0 Å². The molecule has 1 aliphatic rings. The third-order valence-electron chi connectivity index (χ3n) is 3.50. The Kier molecular flexibility index (Phi) is 3.97. The van der Waals surface area contributed by atoms with Crippen LogP contribution in [0.15, 0.2) is 30.3 Å². The lowest BCUT2D eigenvalue weighted by atomic mass is 10.0. The summed E-state index contributed by atoms with van der Waals surface area (Å²) < 4.78 is 0. The average Bonchev–Trinajstić information content (AvgIpc) is 2.73. The summed E-state index contributed by atoms with van der Waals surface area (Å²) in [4.78, 5) is 0. The molecule has 1 unspecified atom stereocenters. The largest absolute Gasteiger partial charge is 0.392 e. The van der Waals surface area contributed by atoms with Gasteiger partial charge in [-0.15, -0.1) is 0 Å². The maximum Gasteiger partial charge on any atom is 0.0693 e. The molecule has 2 nitrogen and oxygen atoms in total. The standard InChI is InChI=1S/C14H21NO/c1-2-12(11-7-4-3-5-8-11)15-13-9-6-10-14(13)16/h3-5,7-8,12-16H,2,6,9-10H2,1H3/t12?,13-,14-/m1/s1. The highest BCUT2D eigenvalue weighted by atomic mass is 16.3. The maximum absolute atomic E-state index is 9.82. The van der Waals surface area contributed by atoms with Crippen LogP contribution in [0.3, 0.4) is 0 Å². The van der Waals surface area contributed by atoms with Crippen molar-refractivity contribution in [3.8, 4) is 0 Å². The number of benzene rings is 1. The smallest absolute Gasteiger partial charge is 0.0693 e. The number of hydrogen-bond acceptors (Lipinski definition) is 2. The van der Waals surface area contributed by atoms with Crippen LogP contribution < -0.4 is 5.32 Å². The van der Waals surface area contributed by atoms with Crippen LogP contribution in [-0.2, 0) is 0 Å². The van der Waals surface area contributed by atoms with E-state index in [0.29, 0.717) is 6.04 Å². The molecule has 0 heterocycles. The lowest BCUT2D eigenvalue weighted by Gasteiger charge is -2.24. The molecule has 1 fully saturated rings. The second-order valence-electron chi connectivity index (χ2n) is 4.64. The van der Waals surface area contributed by atoms with Gasteiger partial charge in [0.2, 0.25) is 0 Å². The van der Waals surface area contributed by atoms with Gasteiger partial charge in [0.05, 0.1) is 6.10 Å². The Labute approximate surface area is 97.7 Å². The zero-order chi connectivity index (χ0) is 11.4. The molecule has 2 N–H and O–H groups in total. The number of hydrogen-bond donors (Lipinski definition) is 2. The van der Waals surface area contributed by atoms with Crippen molar-refractivity contribution in [3.63, 3.8) is 0 Å². The summed E-state index contributed by atoms with van der Waals surface area (Å²) in [7, 11) is 0. The van der Waals surface area contributed by atoms with Gasteiger partial charge in [-0.2, -0.15) is 0 Å². The van der Waals surface area contributed by atoms with E-state index < -0.39 is 0 Å². The lowest BCUT2D eigenvalue weighted by molar-refractivity contribution is 0.142. The molecule has 0 saturated heterocycles. The quantitative estimate of drug-likeness (QED) is 0.816. The molecule has 2 rings (SSSR count). The van der Waals surface area contributed by atoms with Crippen molar-refractivity contribution < 1.29 is 5.11 Å². The summed E-state index contributed by atoms with van der Waals surface area (Å²) in [5.41, 5.74) is 1.32. The second kappa shape index (κ2) is 5.46. The van der Waals surface area contributed by atoms with E-state index in [1.165, 1.54) is 5.56 Å². The predicted molar refractivity (Wildman–Crippen MR) is 66.3 cm³/mol. The van der Waals surface area contributed by atoms with Crippen molar-refractivity contribution in [2.24, 2.45) is 0 Å². The Morgan fingerprint density at radius 1 is 1.31 bits per heavy atom. The molecule has 0 radical (unpaired) electrons. The molecular formula is C14H21NO. The van der Waals surface area contributed by atoms with Gasteiger partial charge >= 0.3 is 0 Å². The molecule has 0 aromatic heterocycles. The SMILES string of the molecule is CCC(N[C@@H]1CCC[C@H]1O)c1ccccc1. The molecule has 0 spiro atoms. The average molecular weight is 219 g/mol. The van der Waals surface area contributed by atoms with Gasteiger partial charge in [-0.3, -0.25) is 0 Å². The van der Waals surface area contributed by atoms with Crippen LogP contribution in [0.4, 0.5) is 0 Å². The van der Waals surface area contributed by atoms with Crippen LogP contribution in [0.1, 0.15) is 44.2 Å². The fourth-order valence-electron chi connectivity index (χ4n) is 2.53. The first-order valence-corrected chi connectivity index (χ1v) is 6.30. The Hall–Kier alpha value is -0.860. The minimum Gasteiger partial charge on any atom is -0.392 e. The first-order chi connectivity index (χ1) is 7.81. The van der Waals surface area contributed by atoms with Gasteiger partial charge in [0.1, 0.15) is 0 Å². The van der Waals surface area contributed by atoms with Crippen molar-refractivity contribution >= 4 is 0 Å². The molecule has 0 amide bonds. The molecule has 3 atom stereocenters. The monoisotopic (exact) mass is 219 g/mol. The first kappa shape index (κ1) is 11.6. The minimum absolute atomic E-state index is 0.155. The van der Waals surface area contributed by atoms with Gasteiger partial charge in [0.15, 0.2) is 0 Å². The molecule has 1 aromatic carbocycles. The number of aliphatic hydroxyl groups is 1. The van der Waals surface area contributed by atoms with E-state index in [9.17, 15) is 5.11 Å². The van der Waals surface area contributed by atoms with Gasteiger partial charge in [-0.1, -0.05) is 37.3 Å². The fraction of sp³-hybridized carbons (Fsp3) is 0.571. The molecule has 88 valence electrons. The third kappa shape index (κ3) is 2.63. The van der Waals surface area contributed by atoms with Crippen LogP contribution >= 0.6 is 0 Å². The Balaban J connectivity index is 2.00. The normalized spacial score (nSPS) is 26.9. The summed E-state index contributed by atoms with van der Waals surface area (Å²) in [6, 6.07) is 11.2. The van der Waals surface area contributed by atoms with Crippen LogP contribution in [0.25, 0.3) is 0 Å². The number of aliphatic hydroxyl groups excluding tert-OH is 1. The third-order valence-corrected chi connectivity index (χ3v) is 3.50. The minimum atomic E-state index is -0.155. The van der Waals surface area contributed by atoms with Crippen molar-refractivity contribution in [2.75, 3.05) is 0 Å². The van der Waals surface area contributed by atoms with Crippen LogP contribution in [0, 0.1) is 0 Å². The molecule has 16 heavy (non-hydrogen) atoms. The predicted octanol–water partition coefficient (Wildman–Crippen LogP) is 2.64. The summed E-state index contributed by atoms with van der Waals surface area (Å²) in [6.07, 6.45) is 4.10. The highest BCUT2D eigenvalue weighted by molar-refractivity contribution is 5.19. The molecule has 1 aliphatic carbocycles. The molecule has 0 bridgehead atoms. The highest BCUT2D eigenvalue weighted by Crippen LogP contribution is 2.24. The fourth-order valence-corrected chi connectivity index (χ4v) is 2.53. The summed E-state index contributed by atoms with van der Waals surface area (Å²) in [5, 5.41) is 13.4. The first-order valence-electron chi connectivity index (χ1n) is 6.30. The zero-order valence-corrected chi connectivity index (χ0v) is 9.89. The summed E-state index contributed by atoms with van der Waals surface area (Å²) in [6.45, 7) is 2.19. The van der Waals surface area contributed by atoms with Crippen LogP contribution in [-0.4, -0.2) is 17.3 Å². The maximum atomic E-state index is 9.82. The number of nitrogens with one attached hydrogen (secondary N) is 1. The molecule has 2 heteroatoms. The van der Waals surface area contributed by atoms with E-state index in [4.69, 9.17) is 0 Å². The van der Waals surface area contributed by atoms with Crippen LogP contribution in [0.2, 0.25) is 0 Å². The van der Waals surface area contributed by atoms with Gasteiger partial charge < -0.3 is 10.4 Å². The molecule has 1 saturated carbocycles. The summed E-state index contributed by atoms with van der Waals surface area (Å²) in [5.74, 6) is 0. The van der Waals surface area contributed by atoms with Gasteiger partial charge in [-0.05, 0) is 31.2 Å². The van der Waals surface area contributed by atoms with E-state index in [-0.39, 0.29) is 12.1 Å². The van der Waals surface area contributed by atoms with Crippen molar-refractivity contribution in [2.45, 2.75) is 50.8 Å². The Bertz CT molecular complexity index is 312. The topological polar surface area (TPSA) is 32.3 Å². The molecule has 0 aliphatic heterocycles. The van der Waals surface area contributed by atoms with E-state index in [1.54, 1.807) is 0 Å². The van der Waals surface area contributed by atoms with E-state index in [1.807, 2.05) is 6.07 Å².